The van der Waals surface area contributed by atoms with Crippen molar-refractivity contribution in [1.82, 2.24) is 5.32 Å². The van der Waals surface area contributed by atoms with Crippen LogP contribution >= 0.6 is 7.82 Å². The second-order valence-electron chi connectivity index (χ2n) is 22.4. The van der Waals surface area contributed by atoms with Crippen LogP contribution in [-0.4, -0.2) is 68.5 Å². The highest BCUT2D eigenvalue weighted by Crippen LogP contribution is 2.38. The number of quaternary nitrogens is 1. The topological polar surface area (TPSA) is 108 Å². The second-order valence-corrected chi connectivity index (χ2v) is 23.8. The van der Waals surface area contributed by atoms with Crippen molar-refractivity contribution in [2.45, 2.75) is 283 Å². The number of aliphatic hydroxyl groups excluding tert-OH is 1. The molecule has 0 radical (unpaired) electrons. The number of hydrogen-bond acceptors (Lipinski definition) is 6. The maximum Gasteiger partial charge on any atom is 0.268 e. The summed E-state index contributed by atoms with van der Waals surface area (Å²) in [5.74, 6) is -0.213. The minimum atomic E-state index is -4.62. The van der Waals surface area contributed by atoms with Gasteiger partial charge >= 0.3 is 0 Å². The fraction of sp³-hybridized carbons (Fsp3) is 0.746. The van der Waals surface area contributed by atoms with Crippen LogP contribution < -0.4 is 10.2 Å². The first-order valence-corrected chi connectivity index (χ1v) is 33.1. The molecule has 9 heteroatoms. The molecular formula is C67H121N2O6P. The number of amides is 1. The number of nitrogens with zero attached hydrogens (tertiary/aromatic N) is 1. The van der Waals surface area contributed by atoms with Crippen LogP contribution in [0.15, 0.2) is 97.2 Å². The van der Waals surface area contributed by atoms with Crippen LogP contribution in [0.25, 0.3) is 0 Å². The van der Waals surface area contributed by atoms with Gasteiger partial charge in [-0.2, -0.15) is 0 Å². The summed E-state index contributed by atoms with van der Waals surface area (Å²) in [6.07, 6.45) is 82.1. The van der Waals surface area contributed by atoms with Crippen LogP contribution in [0.4, 0.5) is 0 Å². The number of nitrogens with one attached hydrogen (secondary N) is 1. The molecule has 0 heterocycles. The third kappa shape index (κ3) is 59.1. The highest BCUT2D eigenvalue weighted by Gasteiger charge is 2.23. The Morgan fingerprint density at radius 1 is 0.474 bits per heavy atom. The molecule has 0 aromatic rings. The molecule has 0 aliphatic heterocycles. The number of likely N-dealkylation sites (N-methyl/N-ethyl adjacent to an activating group) is 1. The van der Waals surface area contributed by atoms with Gasteiger partial charge in [0.25, 0.3) is 7.82 Å². The van der Waals surface area contributed by atoms with Crippen LogP contribution in [-0.2, 0) is 18.4 Å². The number of phosphoric ester groups is 1. The van der Waals surface area contributed by atoms with E-state index in [4.69, 9.17) is 9.05 Å². The maximum atomic E-state index is 13.0. The Labute approximate surface area is 470 Å². The van der Waals surface area contributed by atoms with Gasteiger partial charge in [0.1, 0.15) is 13.2 Å². The lowest BCUT2D eigenvalue weighted by Gasteiger charge is -2.29. The van der Waals surface area contributed by atoms with E-state index in [0.29, 0.717) is 17.4 Å². The average Bonchev–Trinajstić information content (AvgIpc) is 3.38. The summed E-state index contributed by atoms with van der Waals surface area (Å²) in [7, 11) is 1.23. The van der Waals surface area contributed by atoms with Crippen LogP contribution in [0.3, 0.4) is 0 Å². The second kappa shape index (κ2) is 57.1. The average molecular weight is 1080 g/mol. The van der Waals surface area contributed by atoms with Gasteiger partial charge in [0, 0.05) is 6.42 Å². The van der Waals surface area contributed by atoms with Gasteiger partial charge in [0.05, 0.1) is 39.9 Å². The van der Waals surface area contributed by atoms with Gasteiger partial charge in [-0.05, 0) is 83.5 Å². The van der Waals surface area contributed by atoms with E-state index in [-0.39, 0.29) is 12.5 Å². The zero-order valence-corrected chi connectivity index (χ0v) is 51.1. The van der Waals surface area contributed by atoms with Crippen molar-refractivity contribution in [2.24, 2.45) is 0 Å². The largest absolute Gasteiger partial charge is 0.756 e. The highest BCUT2D eigenvalue weighted by molar-refractivity contribution is 7.45. The molecule has 3 unspecified atom stereocenters. The first-order chi connectivity index (χ1) is 37.0. The molecule has 8 nitrogen and oxygen atoms in total. The number of allylic oxidation sites excluding steroid dienone is 15. The summed E-state index contributed by atoms with van der Waals surface area (Å²) >= 11 is 0. The fourth-order valence-corrected chi connectivity index (χ4v) is 9.60. The monoisotopic (exact) mass is 1080 g/mol. The minimum Gasteiger partial charge on any atom is -0.756 e. The molecule has 0 aromatic carbocycles. The normalized spacial score (nSPS) is 14.5. The third-order valence-corrected chi connectivity index (χ3v) is 14.7. The Balaban J connectivity index is 4.22. The molecule has 0 bridgehead atoms. The molecule has 0 fully saturated rings. The van der Waals surface area contributed by atoms with Crippen LogP contribution in [0, 0.1) is 0 Å². The smallest absolute Gasteiger partial charge is 0.268 e. The Morgan fingerprint density at radius 2 is 0.816 bits per heavy atom. The summed E-state index contributed by atoms with van der Waals surface area (Å²) in [6.45, 7) is 4.53. The predicted molar refractivity (Wildman–Crippen MR) is 329 cm³/mol. The van der Waals surface area contributed by atoms with E-state index in [1.54, 1.807) is 6.08 Å². The van der Waals surface area contributed by atoms with Gasteiger partial charge in [-0.3, -0.25) is 9.36 Å². The summed E-state index contributed by atoms with van der Waals surface area (Å²) < 4.78 is 23.4. The van der Waals surface area contributed by atoms with Crippen LogP contribution in [0.5, 0.6) is 0 Å². The van der Waals surface area contributed by atoms with Crippen molar-refractivity contribution in [2.75, 3.05) is 40.9 Å². The molecule has 0 spiro atoms. The van der Waals surface area contributed by atoms with Crippen molar-refractivity contribution in [3.05, 3.63) is 97.2 Å². The van der Waals surface area contributed by atoms with E-state index in [0.717, 1.165) is 83.5 Å². The van der Waals surface area contributed by atoms with Crippen molar-refractivity contribution in [3.63, 3.8) is 0 Å². The van der Waals surface area contributed by atoms with Gasteiger partial charge in [-0.15, -0.1) is 0 Å². The number of unbranched alkanes of at least 4 members (excludes halogenated alkanes) is 30. The van der Waals surface area contributed by atoms with Gasteiger partial charge in [0.15, 0.2) is 0 Å². The SMILES string of the molecule is CC/C=C\C/C=C\C/C=C\C/C=C\C/C=C\C/C=C\CCCCCCCCCCCCC(=O)NC(COP(=O)([O-])OCC[N+](C)(C)C)C(O)/C=C/CC/C=C/CCCCCCCCCCCCCCCCCCCCC. The number of hydrogen-bond donors (Lipinski definition) is 2. The zero-order valence-electron chi connectivity index (χ0n) is 50.2. The fourth-order valence-electron chi connectivity index (χ4n) is 8.88. The van der Waals surface area contributed by atoms with Crippen molar-refractivity contribution < 1.29 is 32.9 Å². The van der Waals surface area contributed by atoms with E-state index < -0.39 is 26.6 Å². The summed E-state index contributed by atoms with van der Waals surface area (Å²) in [5.41, 5.74) is 0. The molecule has 1 amide bonds. The molecule has 0 aliphatic rings. The molecule has 440 valence electrons. The lowest BCUT2D eigenvalue weighted by molar-refractivity contribution is -0.870. The quantitative estimate of drug-likeness (QED) is 0.0272. The van der Waals surface area contributed by atoms with Crippen LogP contribution in [0.2, 0.25) is 0 Å². The van der Waals surface area contributed by atoms with E-state index >= 15 is 0 Å². The van der Waals surface area contributed by atoms with E-state index in [2.05, 4.69) is 104 Å². The molecule has 0 rings (SSSR count). The Bertz CT molecular complexity index is 1560. The lowest BCUT2D eigenvalue weighted by Crippen LogP contribution is -2.45. The number of rotatable bonds is 57. The molecule has 0 saturated heterocycles. The van der Waals surface area contributed by atoms with E-state index in [9.17, 15) is 19.4 Å². The van der Waals surface area contributed by atoms with Crippen molar-refractivity contribution in [3.8, 4) is 0 Å². The molecule has 0 aromatic heterocycles. The molecule has 0 aliphatic carbocycles. The molecule has 0 saturated carbocycles. The number of aliphatic hydroxyl groups is 1. The zero-order chi connectivity index (χ0) is 55.6. The van der Waals surface area contributed by atoms with Crippen LogP contribution in [0.1, 0.15) is 271 Å². The Morgan fingerprint density at radius 3 is 1.22 bits per heavy atom. The summed E-state index contributed by atoms with van der Waals surface area (Å²) in [4.78, 5) is 25.6. The number of carbonyl (C=O) groups is 1. The number of carbonyl (C=O) groups excluding carboxylic acids is 1. The molecule has 76 heavy (non-hydrogen) atoms. The molecule has 2 N–H and O–H groups in total. The Hall–Kier alpha value is -2.58. The Kier molecular flexibility index (Phi) is 55.2. The molecular weight excluding hydrogens is 960 g/mol. The first kappa shape index (κ1) is 73.4. The van der Waals surface area contributed by atoms with Gasteiger partial charge in [-0.25, -0.2) is 0 Å². The van der Waals surface area contributed by atoms with Crippen molar-refractivity contribution >= 4 is 13.7 Å². The maximum absolute atomic E-state index is 13.0. The number of phosphoric acid groups is 1. The third-order valence-electron chi connectivity index (χ3n) is 13.8. The van der Waals surface area contributed by atoms with Gasteiger partial charge < -0.3 is 28.8 Å². The predicted octanol–water partition coefficient (Wildman–Crippen LogP) is 19.1. The minimum absolute atomic E-state index is 0.0113. The summed E-state index contributed by atoms with van der Waals surface area (Å²) in [5, 5.41) is 13.9. The van der Waals surface area contributed by atoms with E-state index in [1.165, 1.54) is 167 Å². The van der Waals surface area contributed by atoms with Gasteiger partial charge in [-0.1, -0.05) is 278 Å². The first-order valence-electron chi connectivity index (χ1n) is 31.6. The summed E-state index contributed by atoms with van der Waals surface area (Å²) in [6, 6.07) is -0.913. The molecule has 3 atom stereocenters. The van der Waals surface area contributed by atoms with Crippen molar-refractivity contribution in [1.29, 1.82) is 0 Å². The highest BCUT2D eigenvalue weighted by atomic mass is 31.2. The lowest BCUT2D eigenvalue weighted by atomic mass is 10.0. The van der Waals surface area contributed by atoms with Gasteiger partial charge in [0.2, 0.25) is 5.91 Å². The van der Waals surface area contributed by atoms with E-state index in [1.807, 2.05) is 27.2 Å². The standard InChI is InChI=1S/C67H121N2O6P/c1-6-8-10-12-14-16-18-20-22-24-26-28-30-32-33-34-35-37-39-41-43-45-47-49-51-53-55-57-59-61-67(71)68-65(64-75-76(72,73)74-63-62-69(3,4)5)66(70)60-58-56-54-52-50-48-46-44-42-40-38-36-31-29-27-25-23-21-19-17-15-13-11-9-7-2/h8,10,14,16,20,22,26,28,32-33,35,37,50,52,58,60,65-66,70H,6-7,9,11-13,15,17-19,21,23-25,27,29-31,34,36,38-49,51,53-57,59,61-64H2,1-5H3,(H-,68,71,72,73)/b10-8-,16-14-,22-20-,28-26-,33-32-,37-35-,52-50+,60-58+.